The summed E-state index contributed by atoms with van der Waals surface area (Å²) in [4.78, 5) is 1.55. The molecule has 2 aliphatic rings. The molecule has 0 N–H and O–H groups in total. The van der Waals surface area contributed by atoms with Crippen molar-refractivity contribution in [2.45, 2.75) is 35.3 Å². The molecule has 0 bridgehead atoms. The highest BCUT2D eigenvalue weighted by atomic mass is 32.2. The summed E-state index contributed by atoms with van der Waals surface area (Å²) in [5.41, 5.74) is 1.63. The molecular formula is C11H12S. The Hall–Kier alpha value is -0.430. The average molecular weight is 176 g/mol. The monoisotopic (exact) mass is 176 g/mol. The SMILES string of the molecule is c1ccc2c(c1)SC1CCCC21. The fourth-order valence-electron chi connectivity index (χ4n) is 2.48. The van der Waals surface area contributed by atoms with E-state index in [1.807, 2.05) is 0 Å². The van der Waals surface area contributed by atoms with Crippen molar-refractivity contribution < 1.29 is 0 Å². The van der Waals surface area contributed by atoms with Crippen molar-refractivity contribution in [2.75, 3.05) is 0 Å². The molecule has 12 heavy (non-hydrogen) atoms. The van der Waals surface area contributed by atoms with E-state index >= 15 is 0 Å². The Balaban J connectivity index is 2.09. The van der Waals surface area contributed by atoms with E-state index in [1.165, 1.54) is 19.3 Å². The topological polar surface area (TPSA) is 0 Å². The highest BCUT2D eigenvalue weighted by Crippen LogP contribution is 2.52. The van der Waals surface area contributed by atoms with Gasteiger partial charge in [0.05, 0.1) is 0 Å². The second kappa shape index (κ2) is 2.53. The minimum Gasteiger partial charge on any atom is -0.122 e. The molecule has 0 spiro atoms. The van der Waals surface area contributed by atoms with Gasteiger partial charge < -0.3 is 0 Å². The molecule has 1 aromatic carbocycles. The van der Waals surface area contributed by atoms with E-state index in [2.05, 4.69) is 36.0 Å². The van der Waals surface area contributed by atoms with E-state index in [9.17, 15) is 0 Å². The highest BCUT2D eigenvalue weighted by molar-refractivity contribution is 8.00. The van der Waals surface area contributed by atoms with Crippen LogP contribution in [0.1, 0.15) is 30.7 Å². The largest absolute Gasteiger partial charge is 0.122 e. The van der Waals surface area contributed by atoms with Crippen LogP contribution in [0, 0.1) is 0 Å². The van der Waals surface area contributed by atoms with Gasteiger partial charge in [-0.1, -0.05) is 24.6 Å². The van der Waals surface area contributed by atoms with Crippen LogP contribution in [0.25, 0.3) is 0 Å². The number of hydrogen-bond acceptors (Lipinski definition) is 1. The zero-order chi connectivity index (χ0) is 7.97. The Bertz CT molecular complexity index is 306. The summed E-state index contributed by atoms with van der Waals surface area (Å²) < 4.78 is 0. The Morgan fingerprint density at radius 2 is 2.08 bits per heavy atom. The van der Waals surface area contributed by atoms with Gasteiger partial charge in [-0.2, -0.15) is 0 Å². The third kappa shape index (κ3) is 0.861. The molecule has 1 aliphatic carbocycles. The van der Waals surface area contributed by atoms with Gasteiger partial charge in [0, 0.05) is 10.1 Å². The van der Waals surface area contributed by atoms with Crippen molar-refractivity contribution in [3.05, 3.63) is 29.8 Å². The van der Waals surface area contributed by atoms with Gasteiger partial charge in [-0.05, 0) is 30.4 Å². The molecule has 2 unspecified atom stereocenters. The molecule has 0 radical (unpaired) electrons. The van der Waals surface area contributed by atoms with Crippen molar-refractivity contribution in [3.63, 3.8) is 0 Å². The zero-order valence-electron chi connectivity index (χ0n) is 6.99. The lowest BCUT2D eigenvalue weighted by Crippen LogP contribution is -1.99. The number of benzene rings is 1. The van der Waals surface area contributed by atoms with E-state index in [0.29, 0.717) is 0 Å². The van der Waals surface area contributed by atoms with Gasteiger partial charge in [0.2, 0.25) is 0 Å². The van der Waals surface area contributed by atoms with Gasteiger partial charge in [-0.15, -0.1) is 11.8 Å². The molecule has 1 aromatic rings. The van der Waals surface area contributed by atoms with Crippen LogP contribution in [-0.4, -0.2) is 5.25 Å². The standard InChI is InChI=1S/C11H12S/c1-2-6-10-8(4-1)9-5-3-7-11(9)12-10/h1-2,4,6,9,11H,3,5,7H2. The third-order valence-electron chi connectivity index (χ3n) is 3.05. The molecule has 0 amide bonds. The van der Waals surface area contributed by atoms with Crippen molar-refractivity contribution in [2.24, 2.45) is 0 Å². The molecule has 0 saturated heterocycles. The van der Waals surface area contributed by atoms with Crippen LogP contribution >= 0.6 is 11.8 Å². The first kappa shape index (κ1) is 7.02. The maximum Gasteiger partial charge on any atom is 0.0164 e. The van der Waals surface area contributed by atoms with Crippen LogP contribution in [0.4, 0.5) is 0 Å². The van der Waals surface area contributed by atoms with Gasteiger partial charge >= 0.3 is 0 Å². The predicted molar refractivity (Wildman–Crippen MR) is 52.7 cm³/mol. The number of hydrogen-bond donors (Lipinski definition) is 0. The second-order valence-electron chi connectivity index (χ2n) is 3.73. The Morgan fingerprint density at radius 1 is 1.17 bits per heavy atom. The first-order valence-corrected chi connectivity index (χ1v) is 5.59. The fraction of sp³-hybridized carbons (Fsp3) is 0.455. The Kier molecular flexibility index (Phi) is 1.48. The maximum atomic E-state index is 2.32. The smallest absolute Gasteiger partial charge is 0.0164 e. The van der Waals surface area contributed by atoms with Crippen LogP contribution in [-0.2, 0) is 0 Å². The Labute approximate surface area is 77.4 Å². The van der Waals surface area contributed by atoms with Crippen molar-refractivity contribution in [3.8, 4) is 0 Å². The minimum absolute atomic E-state index is 0.895. The van der Waals surface area contributed by atoms with E-state index in [0.717, 1.165) is 11.2 Å². The summed E-state index contributed by atoms with van der Waals surface area (Å²) in [7, 11) is 0. The number of fused-ring (bicyclic) bond motifs is 3. The molecule has 0 nitrogen and oxygen atoms in total. The molecule has 2 atom stereocenters. The van der Waals surface area contributed by atoms with Crippen LogP contribution < -0.4 is 0 Å². The highest BCUT2D eigenvalue weighted by Gasteiger charge is 2.36. The Morgan fingerprint density at radius 3 is 3.08 bits per heavy atom. The quantitative estimate of drug-likeness (QED) is 0.583. The molecule has 1 aliphatic heterocycles. The van der Waals surface area contributed by atoms with E-state index in [4.69, 9.17) is 0 Å². The fourth-order valence-corrected chi connectivity index (χ4v) is 4.05. The second-order valence-corrected chi connectivity index (χ2v) is 5.01. The summed E-state index contributed by atoms with van der Waals surface area (Å²) >= 11 is 2.11. The molecule has 62 valence electrons. The summed E-state index contributed by atoms with van der Waals surface area (Å²) in [6, 6.07) is 8.93. The molecule has 0 aromatic heterocycles. The molecular weight excluding hydrogens is 164 g/mol. The third-order valence-corrected chi connectivity index (χ3v) is 4.54. The van der Waals surface area contributed by atoms with E-state index < -0.39 is 0 Å². The first-order valence-electron chi connectivity index (χ1n) is 4.71. The number of thioether (sulfide) groups is 1. The van der Waals surface area contributed by atoms with E-state index in [-0.39, 0.29) is 0 Å². The van der Waals surface area contributed by atoms with Crippen molar-refractivity contribution in [1.82, 2.24) is 0 Å². The molecule has 3 rings (SSSR count). The lowest BCUT2D eigenvalue weighted by atomic mass is 9.98. The van der Waals surface area contributed by atoms with Gasteiger partial charge in [-0.3, -0.25) is 0 Å². The molecule has 1 saturated carbocycles. The molecule has 1 heteroatoms. The van der Waals surface area contributed by atoms with Crippen LogP contribution in [0.15, 0.2) is 29.2 Å². The number of rotatable bonds is 0. The zero-order valence-corrected chi connectivity index (χ0v) is 7.81. The van der Waals surface area contributed by atoms with Crippen LogP contribution in [0.3, 0.4) is 0 Å². The van der Waals surface area contributed by atoms with E-state index in [1.54, 1.807) is 10.5 Å². The summed E-state index contributed by atoms with van der Waals surface area (Å²) in [6.07, 6.45) is 4.30. The minimum atomic E-state index is 0.895. The maximum absolute atomic E-state index is 2.32. The summed E-state index contributed by atoms with van der Waals surface area (Å²) in [5, 5.41) is 0.919. The van der Waals surface area contributed by atoms with Crippen molar-refractivity contribution >= 4 is 11.8 Å². The van der Waals surface area contributed by atoms with Gasteiger partial charge in [0.1, 0.15) is 0 Å². The normalized spacial score (nSPS) is 31.7. The van der Waals surface area contributed by atoms with Gasteiger partial charge in [0.15, 0.2) is 0 Å². The average Bonchev–Trinajstić information content (AvgIpc) is 2.62. The van der Waals surface area contributed by atoms with Crippen LogP contribution in [0.2, 0.25) is 0 Å². The first-order chi connectivity index (χ1) is 5.95. The van der Waals surface area contributed by atoms with Gasteiger partial charge in [-0.25, -0.2) is 0 Å². The van der Waals surface area contributed by atoms with Crippen molar-refractivity contribution in [1.29, 1.82) is 0 Å². The summed E-state index contributed by atoms with van der Waals surface area (Å²) in [6.45, 7) is 0. The lowest BCUT2D eigenvalue weighted by Gasteiger charge is -2.06. The molecule has 1 heterocycles. The molecule has 1 fully saturated rings. The predicted octanol–water partition coefficient (Wildman–Crippen LogP) is 3.43. The van der Waals surface area contributed by atoms with Gasteiger partial charge in [0.25, 0.3) is 0 Å². The lowest BCUT2D eigenvalue weighted by molar-refractivity contribution is 0.741. The van der Waals surface area contributed by atoms with Crippen LogP contribution in [0.5, 0.6) is 0 Å². The summed E-state index contributed by atoms with van der Waals surface area (Å²) in [5.74, 6) is 0.895.